The second kappa shape index (κ2) is 5.63. The predicted octanol–water partition coefficient (Wildman–Crippen LogP) is 1.41. The summed E-state index contributed by atoms with van der Waals surface area (Å²) in [6, 6.07) is 3.77. The first-order valence-electron chi connectivity index (χ1n) is 5.33. The summed E-state index contributed by atoms with van der Waals surface area (Å²) < 4.78 is 1.72. The summed E-state index contributed by atoms with van der Waals surface area (Å²) >= 11 is 1.50. The molecule has 18 heavy (non-hydrogen) atoms. The SMILES string of the molecule is CSc1nnc(-c2ccncc2)n1/N=C\N(C)C. The zero-order chi connectivity index (χ0) is 13.0. The molecule has 0 aliphatic heterocycles. The maximum atomic E-state index is 4.36. The molecule has 7 heteroatoms. The highest BCUT2D eigenvalue weighted by Crippen LogP contribution is 2.21. The number of hydrogen-bond acceptors (Lipinski definition) is 5. The second-order valence-electron chi connectivity index (χ2n) is 3.75. The fourth-order valence-corrected chi connectivity index (χ4v) is 1.76. The molecule has 2 aromatic heterocycles. The van der Waals surface area contributed by atoms with Gasteiger partial charge in [0.05, 0.1) is 0 Å². The topological polar surface area (TPSA) is 59.2 Å². The van der Waals surface area contributed by atoms with Crippen LogP contribution in [0.3, 0.4) is 0 Å². The van der Waals surface area contributed by atoms with Crippen molar-refractivity contribution in [1.82, 2.24) is 24.8 Å². The van der Waals surface area contributed by atoms with E-state index in [0.29, 0.717) is 5.82 Å². The monoisotopic (exact) mass is 262 g/mol. The van der Waals surface area contributed by atoms with Crippen LogP contribution in [-0.2, 0) is 0 Å². The van der Waals surface area contributed by atoms with Crippen LogP contribution in [0, 0.1) is 0 Å². The van der Waals surface area contributed by atoms with Crippen molar-refractivity contribution in [2.75, 3.05) is 20.4 Å². The summed E-state index contributed by atoms with van der Waals surface area (Å²) in [6.07, 6.45) is 7.11. The summed E-state index contributed by atoms with van der Waals surface area (Å²) in [5.74, 6) is 0.708. The van der Waals surface area contributed by atoms with Crippen molar-refractivity contribution < 1.29 is 0 Å². The third kappa shape index (κ3) is 2.67. The maximum absolute atomic E-state index is 4.36. The van der Waals surface area contributed by atoms with Crippen LogP contribution in [0.2, 0.25) is 0 Å². The molecule has 2 aromatic rings. The summed E-state index contributed by atoms with van der Waals surface area (Å²) in [5, 5.41) is 13.4. The summed E-state index contributed by atoms with van der Waals surface area (Å²) in [7, 11) is 3.83. The van der Waals surface area contributed by atoms with E-state index in [-0.39, 0.29) is 0 Å². The van der Waals surface area contributed by atoms with E-state index in [0.717, 1.165) is 10.7 Å². The van der Waals surface area contributed by atoms with E-state index in [2.05, 4.69) is 20.3 Å². The third-order valence-corrected chi connectivity index (χ3v) is 2.75. The van der Waals surface area contributed by atoms with Gasteiger partial charge in [0.2, 0.25) is 5.16 Å². The Morgan fingerprint density at radius 2 is 2.00 bits per heavy atom. The maximum Gasteiger partial charge on any atom is 0.212 e. The number of hydrogen-bond donors (Lipinski definition) is 0. The lowest BCUT2D eigenvalue weighted by atomic mass is 10.2. The molecule has 0 N–H and O–H groups in total. The first kappa shape index (κ1) is 12.6. The Morgan fingerprint density at radius 3 is 2.61 bits per heavy atom. The number of nitrogens with zero attached hydrogens (tertiary/aromatic N) is 6. The van der Waals surface area contributed by atoms with E-state index in [1.165, 1.54) is 11.8 Å². The number of aromatic nitrogens is 4. The Balaban J connectivity index is 2.45. The largest absolute Gasteiger partial charge is 0.367 e. The second-order valence-corrected chi connectivity index (χ2v) is 4.53. The van der Waals surface area contributed by atoms with Gasteiger partial charge in [-0.3, -0.25) is 4.98 Å². The molecule has 0 amide bonds. The minimum atomic E-state index is 0.708. The third-order valence-electron chi connectivity index (χ3n) is 2.13. The van der Waals surface area contributed by atoms with Crippen LogP contribution in [0.1, 0.15) is 0 Å². The van der Waals surface area contributed by atoms with E-state index in [1.54, 1.807) is 23.4 Å². The standard InChI is InChI=1S/C11H14N6S/c1-16(2)8-13-17-10(14-15-11(17)18-3)9-4-6-12-7-5-9/h4-8H,1-3H3/b13-8-. The smallest absolute Gasteiger partial charge is 0.212 e. The molecule has 0 aliphatic rings. The molecule has 0 aliphatic carbocycles. The average Bonchev–Trinajstić information content (AvgIpc) is 2.80. The zero-order valence-corrected chi connectivity index (χ0v) is 11.3. The summed E-state index contributed by atoms with van der Waals surface area (Å²) in [4.78, 5) is 5.85. The molecule has 0 radical (unpaired) electrons. The van der Waals surface area contributed by atoms with Gasteiger partial charge >= 0.3 is 0 Å². The molecule has 2 rings (SSSR count). The van der Waals surface area contributed by atoms with Crippen molar-refractivity contribution in [3.05, 3.63) is 24.5 Å². The Labute approximate surface area is 110 Å². The van der Waals surface area contributed by atoms with Gasteiger partial charge in [-0.05, 0) is 18.4 Å². The quantitative estimate of drug-likeness (QED) is 0.474. The Kier molecular flexibility index (Phi) is 3.93. The lowest BCUT2D eigenvalue weighted by molar-refractivity contribution is 0.626. The Bertz CT molecular complexity index is 534. The molecule has 0 unspecified atom stereocenters. The summed E-state index contributed by atoms with van der Waals surface area (Å²) in [6.45, 7) is 0. The average molecular weight is 262 g/mol. The van der Waals surface area contributed by atoms with Crippen LogP contribution in [-0.4, -0.2) is 51.4 Å². The molecule has 0 aromatic carbocycles. The van der Waals surface area contributed by atoms with Crippen molar-refractivity contribution in [2.45, 2.75) is 5.16 Å². The van der Waals surface area contributed by atoms with Gasteiger partial charge in [-0.15, -0.1) is 10.2 Å². The van der Waals surface area contributed by atoms with Crippen molar-refractivity contribution in [2.24, 2.45) is 5.10 Å². The van der Waals surface area contributed by atoms with Gasteiger partial charge in [-0.1, -0.05) is 11.8 Å². The highest BCUT2D eigenvalue weighted by molar-refractivity contribution is 7.98. The van der Waals surface area contributed by atoms with E-state index < -0.39 is 0 Å². The number of pyridine rings is 1. The molecule has 0 fully saturated rings. The molecule has 0 saturated heterocycles. The van der Waals surface area contributed by atoms with Crippen molar-refractivity contribution in [3.63, 3.8) is 0 Å². The molecule has 0 atom stereocenters. The van der Waals surface area contributed by atoms with E-state index in [9.17, 15) is 0 Å². The molecule has 0 bridgehead atoms. The first-order valence-corrected chi connectivity index (χ1v) is 6.55. The number of rotatable bonds is 4. The zero-order valence-electron chi connectivity index (χ0n) is 10.5. The van der Waals surface area contributed by atoms with Crippen LogP contribution in [0.4, 0.5) is 0 Å². The molecule has 0 saturated carbocycles. The minimum Gasteiger partial charge on any atom is -0.367 e. The van der Waals surface area contributed by atoms with Crippen LogP contribution in [0.15, 0.2) is 34.8 Å². The van der Waals surface area contributed by atoms with Gasteiger partial charge in [0.1, 0.15) is 6.34 Å². The number of thioether (sulfide) groups is 1. The van der Waals surface area contributed by atoms with Gasteiger partial charge in [-0.2, -0.15) is 9.78 Å². The Morgan fingerprint density at radius 1 is 1.28 bits per heavy atom. The van der Waals surface area contributed by atoms with Gasteiger partial charge in [0, 0.05) is 32.1 Å². The van der Waals surface area contributed by atoms with E-state index >= 15 is 0 Å². The molecule has 6 nitrogen and oxygen atoms in total. The minimum absolute atomic E-state index is 0.708. The highest BCUT2D eigenvalue weighted by Gasteiger charge is 2.12. The van der Waals surface area contributed by atoms with E-state index in [4.69, 9.17) is 0 Å². The van der Waals surface area contributed by atoms with Crippen LogP contribution in [0.5, 0.6) is 0 Å². The molecule has 0 spiro atoms. The van der Waals surface area contributed by atoms with E-state index in [1.807, 2.05) is 37.4 Å². The lowest BCUT2D eigenvalue weighted by Gasteiger charge is -2.05. The molecule has 94 valence electrons. The van der Waals surface area contributed by atoms with Crippen molar-refractivity contribution in [1.29, 1.82) is 0 Å². The van der Waals surface area contributed by atoms with Crippen LogP contribution < -0.4 is 0 Å². The first-order chi connectivity index (χ1) is 8.72. The van der Waals surface area contributed by atoms with Gasteiger partial charge < -0.3 is 4.90 Å². The molecular formula is C11H14N6S. The Hall–Kier alpha value is -1.89. The van der Waals surface area contributed by atoms with Gasteiger partial charge in [-0.25, -0.2) is 0 Å². The fraction of sp³-hybridized carbons (Fsp3) is 0.273. The fourth-order valence-electron chi connectivity index (χ4n) is 1.33. The molecule has 2 heterocycles. The van der Waals surface area contributed by atoms with Gasteiger partial charge in [0.15, 0.2) is 5.82 Å². The molecular weight excluding hydrogens is 248 g/mol. The van der Waals surface area contributed by atoms with Crippen molar-refractivity contribution in [3.8, 4) is 11.4 Å². The van der Waals surface area contributed by atoms with Gasteiger partial charge in [0.25, 0.3) is 0 Å². The van der Waals surface area contributed by atoms with Crippen LogP contribution >= 0.6 is 11.8 Å². The van der Waals surface area contributed by atoms with Crippen molar-refractivity contribution >= 4 is 18.1 Å². The normalized spacial score (nSPS) is 11.1. The predicted molar refractivity (Wildman–Crippen MR) is 72.6 cm³/mol. The lowest BCUT2D eigenvalue weighted by Crippen LogP contribution is -2.09. The summed E-state index contributed by atoms with van der Waals surface area (Å²) in [5.41, 5.74) is 0.939. The highest BCUT2D eigenvalue weighted by atomic mass is 32.2. The van der Waals surface area contributed by atoms with Crippen LogP contribution in [0.25, 0.3) is 11.4 Å².